The van der Waals surface area contributed by atoms with Gasteiger partial charge in [0.1, 0.15) is 6.10 Å². The predicted octanol–water partition coefficient (Wildman–Crippen LogP) is 1.76. The minimum Gasteiger partial charge on any atom is -0.371 e. The number of ether oxygens (including phenoxy) is 1. The Labute approximate surface area is 124 Å². The van der Waals surface area contributed by atoms with Gasteiger partial charge in [0.2, 0.25) is 5.91 Å². The summed E-state index contributed by atoms with van der Waals surface area (Å²) in [5, 5.41) is 7.34. The van der Waals surface area contributed by atoms with Gasteiger partial charge in [-0.1, -0.05) is 6.92 Å². The largest absolute Gasteiger partial charge is 0.371 e. The number of carbonyl (C=O) groups excluding carboxylic acids is 1. The molecule has 1 aromatic rings. The fourth-order valence-electron chi connectivity index (χ4n) is 2.50. The van der Waals surface area contributed by atoms with Crippen LogP contribution in [0.4, 0.5) is 0 Å². The lowest BCUT2D eigenvalue weighted by Gasteiger charge is -2.32. The van der Waals surface area contributed by atoms with E-state index in [0.717, 1.165) is 30.8 Å². The molecule has 5 nitrogen and oxygen atoms in total. The number of hydrogen-bond acceptors (Lipinski definition) is 4. The number of carbonyl (C=O) groups is 1. The van der Waals surface area contributed by atoms with E-state index in [1.54, 1.807) is 16.4 Å². The topological polar surface area (TPSA) is 56.1 Å². The van der Waals surface area contributed by atoms with Crippen LogP contribution >= 0.6 is 11.8 Å². The highest BCUT2D eigenvalue weighted by molar-refractivity contribution is 7.98. The van der Waals surface area contributed by atoms with Crippen molar-refractivity contribution in [1.29, 1.82) is 0 Å². The maximum atomic E-state index is 12.2. The van der Waals surface area contributed by atoms with E-state index in [9.17, 15) is 4.79 Å². The molecule has 1 aliphatic heterocycles. The maximum absolute atomic E-state index is 12.2. The molecule has 0 saturated carbocycles. The molecule has 0 unspecified atom stereocenters. The quantitative estimate of drug-likeness (QED) is 0.899. The molecule has 6 heteroatoms. The molecule has 0 bridgehead atoms. The monoisotopic (exact) mass is 297 g/mol. The summed E-state index contributed by atoms with van der Waals surface area (Å²) in [5.41, 5.74) is 1.04. The third-order valence-corrected chi connectivity index (χ3v) is 4.40. The Kier molecular flexibility index (Phi) is 5.48. The van der Waals surface area contributed by atoms with Crippen molar-refractivity contribution in [2.75, 3.05) is 18.6 Å². The van der Waals surface area contributed by atoms with E-state index in [1.165, 1.54) is 0 Å². The zero-order valence-corrected chi connectivity index (χ0v) is 13.2. The van der Waals surface area contributed by atoms with E-state index in [2.05, 4.69) is 10.4 Å². The Hall–Kier alpha value is -1.01. The summed E-state index contributed by atoms with van der Waals surface area (Å²) in [6.45, 7) is 2.71. The SMILES string of the molecule is CSC[C@H](C)C(=O)N[C@H]1CCCO[C@@H]1c1cnn(C)c1. The third kappa shape index (κ3) is 3.76. The van der Waals surface area contributed by atoms with E-state index >= 15 is 0 Å². The van der Waals surface area contributed by atoms with Crippen LogP contribution in [-0.4, -0.2) is 40.3 Å². The summed E-state index contributed by atoms with van der Waals surface area (Å²) >= 11 is 1.70. The van der Waals surface area contributed by atoms with Gasteiger partial charge in [-0.15, -0.1) is 0 Å². The Morgan fingerprint density at radius 1 is 1.70 bits per heavy atom. The second-order valence-corrected chi connectivity index (χ2v) is 6.26. The summed E-state index contributed by atoms with van der Waals surface area (Å²) in [7, 11) is 1.89. The van der Waals surface area contributed by atoms with Gasteiger partial charge in [0.15, 0.2) is 0 Å². The summed E-state index contributed by atoms with van der Waals surface area (Å²) in [5.74, 6) is 0.988. The van der Waals surface area contributed by atoms with E-state index in [-0.39, 0.29) is 24.0 Å². The van der Waals surface area contributed by atoms with Crippen molar-refractivity contribution in [1.82, 2.24) is 15.1 Å². The Bertz CT molecular complexity index is 449. The minimum atomic E-state index is -0.0807. The van der Waals surface area contributed by atoms with Crippen LogP contribution in [0, 0.1) is 5.92 Å². The van der Waals surface area contributed by atoms with Crippen LogP contribution < -0.4 is 5.32 Å². The van der Waals surface area contributed by atoms with Crippen LogP contribution in [0.15, 0.2) is 12.4 Å². The molecule has 1 amide bonds. The molecule has 1 saturated heterocycles. The third-order valence-electron chi connectivity index (χ3n) is 3.57. The second kappa shape index (κ2) is 7.13. The molecule has 1 aromatic heterocycles. The molecular weight excluding hydrogens is 274 g/mol. The van der Waals surface area contributed by atoms with Crippen LogP contribution in [0.2, 0.25) is 0 Å². The van der Waals surface area contributed by atoms with Gasteiger partial charge in [0.25, 0.3) is 0 Å². The molecule has 0 radical (unpaired) electrons. The highest BCUT2D eigenvalue weighted by atomic mass is 32.2. The molecule has 20 heavy (non-hydrogen) atoms. The number of nitrogens with zero attached hydrogens (tertiary/aromatic N) is 2. The van der Waals surface area contributed by atoms with Gasteiger partial charge in [-0.05, 0) is 19.1 Å². The van der Waals surface area contributed by atoms with Gasteiger partial charge in [0.05, 0.1) is 12.2 Å². The smallest absolute Gasteiger partial charge is 0.223 e. The van der Waals surface area contributed by atoms with Crippen molar-refractivity contribution >= 4 is 17.7 Å². The van der Waals surface area contributed by atoms with E-state index in [1.807, 2.05) is 32.6 Å². The molecule has 0 spiro atoms. The molecule has 0 aliphatic carbocycles. The summed E-state index contributed by atoms with van der Waals surface area (Å²) in [4.78, 5) is 12.2. The number of rotatable bonds is 5. The molecule has 1 aliphatic rings. The highest BCUT2D eigenvalue weighted by Gasteiger charge is 2.30. The van der Waals surface area contributed by atoms with Crippen molar-refractivity contribution in [3.63, 3.8) is 0 Å². The van der Waals surface area contributed by atoms with Gasteiger partial charge in [0, 0.05) is 37.1 Å². The van der Waals surface area contributed by atoms with E-state index in [4.69, 9.17) is 4.74 Å². The highest BCUT2D eigenvalue weighted by Crippen LogP contribution is 2.28. The molecule has 0 aromatic carbocycles. The zero-order valence-electron chi connectivity index (χ0n) is 12.3. The molecule has 1 N–H and O–H groups in total. The molecule has 3 atom stereocenters. The molecule has 112 valence electrons. The van der Waals surface area contributed by atoms with Crippen molar-refractivity contribution in [2.45, 2.75) is 31.9 Å². The number of aryl methyl sites for hydroxylation is 1. The van der Waals surface area contributed by atoms with Gasteiger partial charge in [-0.25, -0.2) is 0 Å². The van der Waals surface area contributed by atoms with Crippen molar-refractivity contribution in [2.24, 2.45) is 13.0 Å². The Morgan fingerprint density at radius 2 is 2.50 bits per heavy atom. The van der Waals surface area contributed by atoms with E-state index < -0.39 is 0 Å². The molecular formula is C14H23N3O2S. The average Bonchev–Trinajstić information content (AvgIpc) is 2.86. The maximum Gasteiger partial charge on any atom is 0.223 e. The lowest BCUT2D eigenvalue weighted by atomic mass is 9.97. The lowest BCUT2D eigenvalue weighted by Crippen LogP contribution is -2.45. The van der Waals surface area contributed by atoms with Crippen LogP contribution in [0.1, 0.15) is 31.4 Å². The fourth-order valence-corrected chi connectivity index (χ4v) is 3.15. The van der Waals surface area contributed by atoms with Crippen LogP contribution in [-0.2, 0) is 16.6 Å². The van der Waals surface area contributed by atoms with Crippen LogP contribution in [0.25, 0.3) is 0 Å². The minimum absolute atomic E-state index is 0.0291. The van der Waals surface area contributed by atoms with Gasteiger partial charge >= 0.3 is 0 Å². The predicted molar refractivity (Wildman–Crippen MR) is 80.6 cm³/mol. The normalized spacial score (nSPS) is 24.4. The Balaban J connectivity index is 2.02. The standard InChI is InChI=1S/C14H23N3O2S/c1-10(9-20-3)14(18)16-12-5-4-6-19-13(12)11-7-15-17(2)8-11/h7-8,10,12-13H,4-6,9H2,1-3H3,(H,16,18)/t10-,12-,13+/m0/s1. The first-order chi connectivity index (χ1) is 9.61. The van der Waals surface area contributed by atoms with Crippen LogP contribution in [0.3, 0.4) is 0 Å². The fraction of sp³-hybridized carbons (Fsp3) is 0.714. The molecule has 2 heterocycles. The number of amides is 1. The number of aromatic nitrogens is 2. The summed E-state index contributed by atoms with van der Waals surface area (Å²) in [6.07, 6.45) is 7.66. The van der Waals surface area contributed by atoms with Crippen LogP contribution in [0.5, 0.6) is 0 Å². The first-order valence-corrected chi connectivity index (χ1v) is 8.40. The van der Waals surface area contributed by atoms with E-state index in [0.29, 0.717) is 0 Å². The van der Waals surface area contributed by atoms with Crippen molar-refractivity contribution in [3.05, 3.63) is 18.0 Å². The average molecular weight is 297 g/mol. The first-order valence-electron chi connectivity index (χ1n) is 7.01. The molecule has 1 fully saturated rings. The summed E-state index contributed by atoms with van der Waals surface area (Å²) in [6, 6.07) is 0.0461. The lowest BCUT2D eigenvalue weighted by molar-refractivity contribution is -0.127. The first kappa shape index (κ1) is 15.4. The molecule has 2 rings (SSSR count). The zero-order chi connectivity index (χ0) is 14.5. The van der Waals surface area contributed by atoms with Crippen molar-refractivity contribution < 1.29 is 9.53 Å². The number of nitrogens with one attached hydrogen (secondary N) is 1. The second-order valence-electron chi connectivity index (χ2n) is 5.35. The van der Waals surface area contributed by atoms with Gasteiger partial charge in [-0.2, -0.15) is 16.9 Å². The van der Waals surface area contributed by atoms with Crippen molar-refractivity contribution in [3.8, 4) is 0 Å². The number of thioether (sulfide) groups is 1. The van der Waals surface area contributed by atoms with Gasteiger partial charge < -0.3 is 10.1 Å². The Morgan fingerprint density at radius 3 is 3.15 bits per heavy atom. The summed E-state index contributed by atoms with van der Waals surface area (Å²) < 4.78 is 7.62. The van der Waals surface area contributed by atoms with Gasteiger partial charge in [-0.3, -0.25) is 9.48 Å². The number of hydrogen-bond donors (Lipinski definition) is 1.